The number of nitrogens with one attached hydrogen (secondary N) is 1. The van der Waals surface area contributed by atoms with E-state index in [2.05, 4.69) is 5.32 Å². The first-order valence-electron chi connectivity index (χ1n) is 10.2. The Morgan fingerprint density at radius 3 is 2.37 bits per heavy atom. The maximum absolute atomic E-state index is 12.7. The minimum atomic E-state index is -3.42. The van der Waals surface area contributed by atoms with E-state index < -0.39 is 10.0 Å². The van der Waals surface area contributed by atoms with Crippen molar-refractivity contribution in [3.8, 4) is 0 Å². The summed E-state index contributed by atoms with van der Waals surface area (Å²) in [5.74, 6) is -0.0573. The smallest absolute Gasteiger partial charge is 0.243 e. The Morgan fingerprint density at radius 2 is 1.67 bits per heavy atom. The lowest BCUT2D eigenvalue weighted by Gasteiger charge is -2.25. The zero-order chi connectivity index (χ0) is 21.6. The van der Waals surface area contributed by atoms with Crippen LogP contribution in [-0.4, -0.2) is 38.3 Å². The monoisotopic (exact) mass is 468 g/mol. The number of benzene rings is 2. The lowest BCUT2D eigenvalue weighted by atomic mass is 10.1. The zero-order valence-corrected chi connectivity index (χ0v) is 19.1. The topological polar surface area (TPSA) is 66.5 Å². The summed E-state index contributed by atoms with van der Waals surface area (Å²) in [5, 5.41) is 3.91. The number of sulfonamides is 1. The highest BCUT2D eigenvalue weighted by Gasteiger charge is 2.25. The molecule has 0 aliphatic carbocycles. The first-order valence-corrected chi connectivity index (χ1v) is 12.4. The van der Waals surface area contributed by atoms with Crippen LogP contribution in [0.2, 0.25) is 10.0 Å². The summed E-state index contributed by atoms with van der Waals surface area (Å²) in [5.41, 5.74) is 1.83. The van der Waals surface area contributed by atoms with Gasteiger partial charge in [0.15, 0.2) is 0 Å². The van der Waals surface area contributed by atoms with Gasteiger partial charge in [-0.1, -0.05) is 53.9 Å². The van der Waals surface area contributed by atoms with Crippen LogP contribution in [0.4, 0.5) is 0 Å². The van der Waals surface area contributed by atoms with E-state index in [9.17, 15) is 13.2 Å². The molecule has 5 nitrogen and oxygen atoms in total. The fourth-order valence-corrected chi connectivity index (χ4v) is 5.44. The third kappa shape index (κ3) is 5.97. The van der Waals surface area contributed by atoms with Gasteiger partial charge in [-0.2, -0.15) is 4.31 Å². The van der Waals surface area contributed by atoms with E-state index in [-0.39, 0.29) is 5.91 Å². The second-order valence-corrected chi connectivity index (χ2v) is 10.1. The molecular formula is C22H26Cl2N2O3S. The molecule has 1 aliphatic rings. The number of hydrogen-bond acceptors (Lipinski definition) is 3. The number of amides is 1. The van der Waals surface area contributed by atoms with Crippen LogP contribution in [0.5, 0.6) is 0 Å². The number of halogens is 2. The van der Waals surface area contributed by atoms with Crippen molar-refractivity contribution in [2.24, 2.45) is 0 Å². The number of carbonyl (C=O) groups is 1. The molecule has 1 amide bonds. The molecule has 8 heteroatoms. The van der Waals surface area contributed by atoms with E-state index in [0.29, 0.717) is 53.8 Å². The van der Waals surface area contributed by atoms with Crippen molar-refractivity contribution in [3.63, 3.8) is 0 Å². The summed E-state index contributed by atoms with van der Waals surface area (Å²) in [6.07, 6.45) is 4.40. The van der Waals surface area contributed by atoms with E-state index in [1.807, 2.05) is 12.1 Å². The van der Waals surface area contributed by atoms with Crippen LogP contribution >= 0.6 is 23.2 Å². The molecule has 1 saturated heterocycles. The number of carbonyl (C=O) groups excluding carboxylic acids is 1. The second-order valence-electron chi connectivity index (χ2n) is 7.42. The normalized spacial score (nSPS) is 15.1. The number of piperidine rings is 1. The Balaban J connectivity index is 1.46. The Labute approximate surface area is 188 Å². The van der Waals surface area contributed by atoms with Crippen molar-refractivity contribution < 1.29 is 13.2 Å². The lowest BCUT2D eigenvalue weighted by molar-refractivity contribution is -0.121. The summed E-state index contributed by atoms with van der Waals surface area (Å²) < 4.78 is 26.9. The minimum Gasteiger partial charge on any atom is -0.356 e. The fraction of sp³-hybridized carbons (Fsp3) is 0.409. The van der Waals surface area contributed by atoms with E-state index >= 15 is 0 Å². The van der Waals surface area contributed by atoms with Gasteiger partial charge in [-0.15, -0.1) is 0 Å². The van der Waals surface area contributed by atoms with Gasteiger partial charge in [0.25, 0.3) is 0 Å². The molecule has 0 radical (unpaired) electrons. The molecular weight excluding hydrogens is 443 g/mol. The van der Waals surface area contributed by atoms with Gasteiger partial charge in [0, 0.05) is 26.1 Å². The average Bonchev–Trinajstić information content (AvgIpc) is 2.76. The zero-order valence-electron chi connectivity index (χ0n) is 16.7. The molecule has 0 spiro atoms. The Bertz CT molecular complexity index is 972. The van der Waals surface area contributed by atoms with Crippen molar-refractivity contribution in [3.05, 3.63) is 63.6 Å². The van der Waals surface area contributed by atoms with Gasteiger partial charge < -0.3 is 5.32 Å². The molecule has 0 unspecified atom stereocenters. The molecule has 0 bridgehead atoms. The summed E-state index contributed by atoms with van der Waals surface area (Å²) >= 11 is 12.2. The molecule has 2 aromatic carbocycles. The summed E-state index contributed by atoms with van der Waals surface area (Å²) in [7, 11) is -3.42. The van der Waals surface area contributed by atoms with Crippen LogP contribution in [0.3, 0.4) is 0 Å². The van der Waals surface area contributed by atoms with Crippen LogP contribution in [0.1, 0.15) is 36.8 Å². The standard InChI is InChI=1S/C22H26Cl2N2O3S/c23-20-6-4-5-18(22(20)24)13-14-25-21(27)12-9-17-7-10-19(11-8-17)30(28,29)26-15-2-1-3-16-26/h4-8,10-11H,1-3,9,12-16H2,(H,25,27). The van der Waals surface area contributed by atoms with Crippen molar-refractivity contribution >= 4 is 39.1 Å². The summed E-state index contributed by atoms with van der Waals surface area (Å²) in [6, 6.07) is 12.3. The minimum absolute atomic E-state index is 0.0573. The van der Waals surface area contributed by atoms with Crippen molar-refractivity contribution in [1.29, 1.82) is 0 Å². The molecule has 1 fully saturated rings. The third-order valence-electron chi connectivity index (χ3n) is 5.26. The highest BCUT2D eigenvalue weighted by Crippen LogP contribution is 2.25. The molecule has 1 heterocycles. The first-order chi connectivity index (χ1) is 14.4. The second kappa shape index (κ2) is 10.6. The molecule has 0 aromatic heterocycles. The van der Waals surface area contributed by atoms with E-state index in [0.717, 1.165) is 30.4 Å². The molecule has 1 N–H and O–H groups in total. The van der Waals surface area contributed by atoms with Gasteiger partial charge in [0.05, 0.1) is 14.9 Å². The van der Waals surface area contributed by atoms with Crippen molar-refractivity contribution in [1.82, 2.24) is 9.62 Å². The maximum atomic E-state index is 12.7. The molecule has 3 rings (SSSR count). The summed E-state index contributed by atoms with van der Waals surface area (Å²) in [4.78, 5) is 12.4. The van der Waals surface area contributed by atoms with Crippen molar-refractivity contribution in [2.75, 3.05) is 19.6 Å². The van der Waals surface area contributed by atoms with Crippen LogP contribution in [0, 0.1) is 0 Å². The Hall–Kier alpha value is -1.60. The molecule has 2 aromatic rings. The first kappa shape index (κ1) is 23.1. The number of nitrogens with zero attached hydrogens (tertiary/aromatic N) is 1. The van der Waals surface area contributed by atoms with Gasteiger partial charge in [0.2, 0.25) is 15.9 Å². The molecule has 30 heavy (non-hydrogen) atoms. The average molecular weight is 469 g/mol. The van der Waals surface area contributed by atoms with Crippen LogP contribution in [-0.2, 0) is 27.7 Å². The van der Waals surface area contributed by atoms with E-state index in [4.69, 9.17) is 23.2 Å². The van der Waals surface area contributed by atoms with E-state index in [1.54, 1.807) is 34.6 Å². The highest BCUT2D eigenvalue weighted by atomic mass is 35.5. The Kier molecular flexibility index (Phi) is 8.17. The predicted molar refractivity (Wildman–Crippen MR) is 121 cm³/mol. The largest absolute Gasteiger partial charge is 0.356 e. The highest BCUT2D eigenvalue weighted by molar-refractivity contribution is 7.89. The van der Waals surface area contributed by atoms with E-state index in [1.165, 1.54) is 0 Å². The van der Waals surface area contributed by atoms with Gasteiger partial charge in [-0.3, -0.25) is 4.79 Å². The fourth-order valence-electron chi connectivity index (χ4n) is 3.51. The number of rotatable bonds is 8. The van der Waals surface area contributed by atoms with Crippen molar-refractivity contribution in [2.45, 2.75) is 43.4 Å². The Morgan fingerprint density at radius 1 is 0.967 bits per heavy atom. The van der Waals surface area contributed by atoms with Gasteiger partial charge in [-0.25, -0.2) is 8.42 Å². The van der Waals surface area contributed by atoms with Crippen LogP contribution in [0.25, 0.3) is 0 Å². The molecule has 1 aliphatic heterocycles. The van der Waals surface area contributed by atoms with Gasteiger partial charge in [-0.05, 0) is 55.0 Å². The number of aryl methyl sites for hydroxylation is 1. The van der Waals surface area contributed by atoms with Gasteiger partial charge in [0.1, 0.15) is 0 Å². The molecule has 162 valence electrons. The lowest BCUT2D eigenvalue weighted by Crippen LogP contribution is -2.35. The van der Waals surface area contributed by atoms with Crippen LogP contribution < -0.4 is 5.32 Å². The molecule has 0 atom stereocenters. The van der Waals surface area contributed by atoms with Crippen LogP contribution in [0.15, 0.2) is 47.4 Å². The maximum Gasteiger partial charge on any atom is 0.243 e. The predicted octanol–water partition coefficient (Wildman–Crippen LogP) is 4.46. The SMILES string of the molecule is O=C(CCc1ccc(S(=O)(=O)N2CCCCC2)cc1)NCCc1cccc(Cl)c1Cl. The third-order valence-corrected chi connectivity index (χ3v) is 8.04. The summed E-state index contributed by atoms with van der Waals surface area (Å²) in [6.45, 7) is 1.65. The number of hydrogen-bond donors (Lipinski definition) is 1. The molecule has 0 saturated carbocycles. The quantitative estimate of drug-likeness (QED) is 0.621. The van der Waals surface area contributed by atoms with Gasteiger partial charge >= 0.3 is 0 Å².